The van der Waals surface area contributed by atoms with Gasteiger partial charge in [0.2, 0.25) is 10.0 Å². The maximum Gasteiger partial charge on any atom is 0.258 e. The van der Waals surface area contributed by atoms with Crippen molar-refractivity contribution in [3.8, 4) is 11.5 Å². The molecule has 31 heavy (non-hydrogen) atoms. The van der Waals surface area contributed by atoms with Gasteiger partial charge in [-0.3, -0.25) is 4.79 Å². The maximum atomic E-state index is 12.7. The lowest BCUT2D eigenvalue weighted by Crippen LogP contribution is -2.50. The van der Waals surface area contributed by atoms with Gasteiger partial charge in [-0.15, -0.1) is 0 Å². The number of halogens is 1. The van der Waals surface area contributed by atoms with Crippen LogP contribution in [0.2, 0.25) is 5.02 Å². The third-order valence-corrected chi connectivity index (χ3v) is 7.25. The highest BCUT2D eigenvalue weighted by atomic mass is 35.5. The van der Waals surface area contributed by atoms with Crippen LogP contribution in [0, 0.1) is 0 Å². The van der Waals surface area contributed by atoms with E-state index in [2.05, 4.69) is 10.2 Å². The first-order chi connectivity index (χ1) is 14.9. The van der Waals surface area contributed by atoms with Crippen LogP contribution in [0.25, 0.3) is 0 Å². The molecule has 1 aliphatic heterocycles. The van der Waals surface area contributed by atoms with E-state index in [9.17, 15) is 13.2 Å². The van der Waals surface area contributed by atoms with Crippen LogP contribution in [0.5, 0.6) is 11.5 Å². The van der Waals surface area contributed by atoms with E-state index in [1.165, 1.54) is 18.5 Å². The van der Waals surface area contributed by atoms with E-state index in [1.54, 1.807) is 18.2 Å². The summed E-state index contributed by atoms with van der Waals surface area (Å²) in [7, 11) is -0.581. The van der Waals surface area contributed by atoms with Crippen LogP contribution in [0.1, 0.15) is 10.4 Å². The Morgan fingerprint density at radius 3 is 2.13 bits per heavy atom. The Balaban J connectivity index is 1.54. The molecule has 1 N–H and O–H groups in total. The number of anilines is 1. The number of nitrogens with one attached hydrogen (secondary N) is 1. The first-order valence-electron chi connectivity index (χ1n) is 9.83. The monoisotopic (exact) mass is 467 g/mol. The molecule has 1 fully saturated rings. The largest absolute Gasteiger partial charge is 0.496 e. The van der Waals surface area contributed by atoms with Crippen molar-refractivity contribution in [2.45, 2.75) is 0 Å². The zero-order chi connectivity index (χ0) is 22.4. The molecule has 2 aromatic carbocycles. The van der Waals surface area contributed by atoms with Crippen LogP contribution in [0.15, 0.2) is 42.5 Å². The van der Waals surface area contributed by atoms with Crippen molar-refractivity contribution in [1.82, 2.24) is 9.62 Å². The van der Waals surface area contributed by atoms with Crippen molar-refractivity contribution in [3.63, 3.8) is 0 Å². The average molecular weight is 468 g/mol. The smallest absolute Gasteiger partial charge is 0.258 e. The zero-order valence-corrected chi connectivity index (χ0v) is 19.1. The van der Waals surface area contributed by atoms with E-state index >= 15 is 0 Å². The van der Waals surface area contributed by atoms with Crippen LogP contribution in [-0.2, 0) is 10.0 Å². The SMILES string of the molecule is COc1cccc(OC)c1C(=O)NCCS(=O)(=O)N1CCN(c2ccc(Cl)cc2)CC1. The van der Waals surface area contributed by atoms with Crippen molar-refractivity contribution in [1.29, 1.82) is 0 Å². The highest BCUT2D eigenvalue weighted by molar-refractivity contribution is 7.89. The van der Waals surface area contributed by atoms with Gasteiger partial charge in [0, 0.05) is 43.4 Å². The normalized spacial score (nSPS) is 14.9. The van der Waals surface area contributed by atoms with Crippen molar-refractivity contribution in [3.05, 3.63) is 53.1 Å². The molecule has 0 atom stereocenters. The molecule has 0 aliphatic carbocycles. The molecule has 10 heteroatoms. The minimum absolute atomic E-state index is 0.0141. The summed E-state index contributed by atoms with van der Waals surface area (Å²) in [5.41, 5.74) is 1.25. The molecular weight excluding hydrogens is 442 g/mol. The molecule has 1 amide bonds. The number of amides is 1. The Hall–Kier alpha value is -2.49. The molecule has 0 saturated carbocycles. The number of carbonyl (C=O) groups is 1. The number of hydrogen-bond donors (Lipinski definition) is 1. The van der Waals surface area contributed by atoms with Gasteiger partial charge in [0.05, 0.1) is 20.0 Å². The first-order valence-corrected chi connectivity index (χ1v) is 11.8. The molecule has 0 aromatic heterocycles. The van der Waals surface area contributed by atoms with Crippen molar-refractivity contribution in [2.24, 2.45) is 0 Å². The lowest BCUT2D eigenvalue weighted by atomic mass is 10.1. The number of ether oxygens (including phenoxy) is 2. The van der Waals surface area contributed by atoms with Gasteiger partial charge in [-0.25, -0.2) is 8.42 Å². The standard InChI is InChI=1S/C21H26ClN3O5S/c1-29-18-4-3-5-19(30-2)20(18)21(26)23-10-15-31(27,28)25-13-11-24(12-14-25)17-8-6-16(22)7-9-17/h3-9H,10-15H2,1-2H3,(H,23,26). The Morgan fingerprint density at radius 2 is 1.58 bits per heavy atom. The van der Waals surface area contributed by atoms with E-state index in [0.717, 1.165) is 5.69 Å². The second kappa shape index (κ2) is 10.2. The summed E-state index contributed by atoms with van der Waals surface area (Å²) in [5.74, 6) is 0.0880. The molecule has 0 spiro atoms. The summed E-state index contributed by atoms with van der Waals surface area (Å²) in [4.78, 5) is 14.7. The summed E-state index contributed by atoms with van der Waals surface area (Å²) >= 11 is 5.93. The molecule has 0 unspecified atom stereocenters. The highest BCUT2D eigenvalue weighted by Crippen LogP contribution is 2.28. The fraction of sp³-hybridized carbons (Fsp3) is 0.381. The fourth-order valence-electron chi connectivity index (χ4n) is 3.46. The van der Waals surface area contributed by atoms with Gasteiger partial charge in [-0.2, -0.15) is 4.31 Å². The summed E-state index contributed by atoms with van der Waals surface area (Å²) in [6.45, 7) is 1.94. The topological polar surface area (TPSA) is 88.2 Å². The Bertz CT molecular complexity index is 984. The number of nitrogens with zero attached hydrogens (tertiary/aromatic N) is 2. The molecule has 0 radical (unpaired) electrons. The molecule has 1 heterocycles. The predicted octanol–water partition coefficient (Wildman–Crippen LogP) is 2.24. The van der Waals surface area contributed by atoms with Gasteiger partial charge in [0.25, 0.3) is 5.91 Å². The average Bonchev–Trinajstić information content (AvgIpc) is 2.78. The number of sulfonamides is 1. The number of benzene rings is 2. The van der Waals surface area contributed by atoms with Crippen molar-refractivity contribution >= 4 is 33.2 Å². The van der Waals surface area contributed by atoms with E-state index in [0.29, 0.717) is 42.7 Å². The summed E-state index contributed by atoms with van der Waals surface area (Å²) in [6, 6.07) is 12.5. The molecule has 2 aromatic rings. The van der Waals surface area contributed by atoms with Gasteiger partial charge in [-0.05, 0) is 36.4 Å². The second-order valence-corrected chi connectivity index (χ2v) is 9.50. The van der Waals surface area contributed by atoms with E-state index in [-0.39, 0.29) is 17.9 Å². The quantitative estimate of drug-likeness (QED) is 0.640. The van der Waals surface area contributed by atoms with E-state index in [4.69, 9.17) is 21.1 Å². The minimum Gasteiger partial charge on any atom is -0.496 e. The van der Waals surface area contributed by atoms with Gasteiger partial charge in [0.15, 0.2) is 0 Å². The van der Waals surface area contributed by atoms with Crippen molar-refractivity contribution in [2.75, 3.05) is 57.6 Å². The van der Waals surface area contributed by atoms with Crippen LogP contribution in [0.3, 0.4) is 0 Å². The summed E-state index contributed by atoms with van der Waals surface area (Å²) < 4.78 is 37.4. The van der Waals surface area contributed by atoms with Gasteiger partial charge in [-0.1, -0.05) is 17.7 Å². The first kappa shape index (κ1) is 23.2. The molecule has 1 aliphatic rings. The number of rotatable bonds is 8. The number of hydrogen-bond acceptors (Lipinski definition) is 6. The van der Waals surface area contributed by atoms with Crippen LogP contribution in [0.4, 0.5) is 5.69 Å². The molecular formula is C21H26ClN3O5S. The van der Waals surface area contributed by atoms with E-state index < -0.39 is 15.9 Å². The lowest BCUT2D eigenvalue weighted by Gasteiger charge is -2.35. The number of piperazine rings is 1. The van der Waals surface area contributed by atoms with E-state index in [1.807, 2.05) is 24.3 Å². The maximum absolute atomic E-state index is 12.7. The lowest BCUT2D eigenvalue weighted by molar-refractivity contribution is 0.0950. The van der Waals surface area contributed by atoms with Crippen molar-refractivity contribution < 1.29 is 22.7 Å². The van der Waals surface area contributed by atoms with Crippen LogP contribution < -0.4 is 19.7 Å². The molecule has 168 valence electrons. The number of methoxy groups -OCH3 is 2. The predicted molar refractivity (Wildman–Crippen MR) is 121 cm³/mol. The van der Waals surface area contributed by atoms with Gasteiger partial charge in [0.1, 0.15) is 17.1 Å². The summed E-state index contributed by atoms with van der Waals surface area (Å²) in [6.07, 6.45) is 0. The molecule has 3 rings (SSSR count). The zero-order valence-electron chi connectivity index (χ0n) is 17.5. The van der Waals surface area contributed by atoms with Crippen LogP contribution >= 0.6 is 11.6 Å². The number of carbonyl (C=O) groups excluding carboxylic acids is 1. The molecule has 8 nitrogen and oxygen atoms in total. The van der Waals surface area contributed by atoms with Crippen LogP contribution in [-0.4, -0.2) is 71.3 Å². The molecule has 1 saturated heterocycles. The Labute approximate surface area is 187 Å². The highest BCUT2D eigenvalue weighted by Gasteiger charge is 2.27. The Kier molecular flexibility index (Phi) is 7.64. The third kappa shape index (κ3) is 5.61. The Morgan fingerprint density at radius 1 is 1.00 bits per heavy atom. The van der Waals surface area contributed by atoms with Gasteiger partial charge >= 0.3 is 0 Å². The fourth-order valence-corrected chi connectivity index (χ4v) is 4.93. The minimum atomic E-state index is -3.50. The third-order valence-electron chi connectivity index (χ3n) is 5.12. The summed E-state index contributed by atoms with van der Waals surface area (Å²) in [5, 5.41) is 3.32. The van der Waals surface area contributed by atoms with Gasteiger partial charge < -0.3 is 19.7 Å². The second-order valence-electron chi connectivity index (χ2n) is 6.97. The molecule has 0 bridgehead atoms.